The Kier molecular flexibility index (Phi) is 3.66. The first-order valence-electron chi connectivity index (χ1n) is 5.07. The Morgan fingerprint density at radius 1 is 1.31 bits per heavy atom. The Morgan fingerprint density at radius 3 is 2.81 bits per heavy atom. The van der Waals surface area contributed by atoms with Crippen LogP contribution in [0.3, 0.4) is 0 Å². The Bertz CT molecular complexity index is 395. The zero-order valence-electron chi connectivity index (χ0n) is 8.66. The van der Waals surface area contributed by atoms with Crippen molar-refractivity contribution in [2.45, 2.75) is 6.42 Å². The molecule has 0 radical (unpaired) electrons. The van der Waals surface area contributed by atoms with Gasteiger partial charge in [0.15, 0.2) is 11.5 Å². The predicted octanol–water partition coefficient (Wildman–Crippen LogP) is 2.10. The van der Waals surface area contributed by atoms with E-state index in [-0.39, 0.29) is 4.82 Å². The quantitative estimate of drug-likeness (QED) is 0.684. The third kappa shape index (κ3) is 2.88. The number of carbonyl (C=O) groups excluding carboxylic acids is 1. The Hall–Kier alpha value is -1.23. The molecule has 86 valence electrons. The van der Waals surface area contributed by atoms with E-state index in [1.165, 1.54) is 0 Å². The van der Waals surface area contributed by atoms with Crippen LogP contribution in [-0.2, 0) is 6.42 Å². The van der Waals surface area contributed by atoms with Crippen molar-refractivity contribution in [3.8, 4) is 11.5 Å². The number of hydrogen-bond donors (Lipinski definition) is 1. The highest BCUT2D eigenvalue weighted by molar-refractivity contribution is 9.18. The fourth-order valence-corrected chi connectivity index (χ4v) is 1.75. The molecule has 0 fully saturated rings. The first-order valence-corrected chi connectivity index (χ1v) is 5.87. The molecule has 4 nitrogen and oxygen atoms in total. The van der Waals surface area contributed by atoms with E-state index in [0.29, 0.717) is 19.8 Å². The number of rotatable bonds is 3. The van der Waals surface area contributed by atoms with Crippen LogP contribution in [0.5, 0.6) is 11.5 Å². The SMILES string of the molecule is O=C(Br)NCCc1ccc2c(c1)OCCO2. The Labute approximate surface area is 102 Å². The maximum Gasteiger partial charge on any atom is 0.287 e. The minimum absolute atomic E-state index is 0.190. The molecule has 0 bridgehead atoms. The second-order valence-electron chi connectivity index (χ2n) is 3.43. The van der Waals surface area contributed by atoms with Crippen LogP contribution in [0.15, 0.2) is 18.2 Å². The first kappa shape index (κ1) is 11.3. The van der Waals surface area contributed by atoms with Gasteiger partial charge in [0.2, 0.25) is 0 Å². The van der Waals surface area contributed by atoms with E-state index in [2.05, 4.69) is 21.2 Å². The van der Waals surface area contributed by atoms with Gasteiger partial charge in [-0.05, 0) is 24.1 Å². The van der Waals surface area contributed by atoms with Crippen LogP contribution >= 0.6 is 15.9 Å². The van der Waals surface area contributed by atoms with Crippen molar-refractivity contribution in [2.24, 2.45) is 0 Å². The highest BCUT2D eigenvalue weighted by Gasteiger charge is 2.11. The van der Waals surface area contributed by atoms with Crippen molar-refractivity contribution in [2.75, 3.05) is 19.8 Å². The van der Waals surface area contributed by atoms with Crippen LogP contribution in [0.1, 0.15) is 5.56 Å². The van der Waals surface area contributed by atoms with E-state index in [4.69, 9.17) is 9.47 Å². The number of fused-ring (bicyclic) bond motifs is 1. The molecule has 1 aliphatic heterocycles. The number of benzene rings is 1. The minimum atomic E-state index is -0.190. The summed E-state index contributed by atoms with van der Waals surface area (Å²) < 4.78 is 10.9. The fraction of sp³-hybridized carbons (Fsp3) is 0.364. The van der Waals surface area contributed by atoms with Crippen molar-refractivity contribution in [3.63, 3.8) is 0 Å². The summed E-state index contributed by atoms with van der Waals surface area (Å²) in [5.41, 5.74) is 1.12. The molecule has 0 spiro atoms. The molecule has 0 aliphatic carbocycles. The second-order valence-corrected chi connectivity index (χ2v) is 4.15. The average molecular weight is 286 g/mol. The van der Waals surface area contributed by atoms with Crippen molar-refractivity contribution in [1.29, 1.82) is 0 Å². The van der Waals surface area contributed by atoms with E-state index in [1.54, 1.807) is 0 Å². The van der Waals surface area contributed by atoms with Gasteiger partial charge in [-0.25, -0.2) is 0 Å². The highest BCUT2D eigenvalue weighted by atomic mass is 79.9. The molecule has 2 rings (SSSR count). The summed E-state index contributed by atoms with van der Waals surface area (Å²) in [6.07, 6.45) is 0.772. The maximum atomic E-state index is 10.6. The standard InChI is InChI=1S/C11H12BrNO3/c12-11(14)13-4-3-8-1-2-9-10(7-8)16-6-5-15-9/h1-2,7H,3-6H2,(H,13,14). The molecule has 5 heteroatoms. The normalized spacial score (nSPS) is 13.3. The summed E-state index contributed by atoms with van der Waals surface area (Å²) in [6, 6.07) is 5.84. The third-order valence-corrected chi connectivity index (χ3v) is 2.56. The molecule has 0 aromatic heterocycles. The molecule has 0 atom stereocenters. The number of carbonyl (C=O) groups is 1. The third-order valence-electron chi connectivity index (χ3n) is 2.28. The fourth-order valence-electron chi connectivity index (χ4n) is 1.55. The van der Waals surface area contributed by atoms with Crippen LogP contribution in [-0.4, -0.2) is 24.6 Å². The van der Waals surface area contributed by atoms with Crippen molar-refractivity contribution in [3.05, 3.63) is 23.8 Å². The van der Waals surface area contributed by atoms with E-state index in [0.717, 1.165) is 23.5 Å². The zero-order chi connectivity index (χ0) is 11.4. The van der Waals surface area contributed by atoms with E-state index >= 15 is 0 Å². The molecule has 1 amide bonds. The molecule has 1 aromatic rings. The van der Waals surface area contributed by atoms with Crippen LogP contribution in [0.25, 0.3) is 0 Å². The molecule has 1 aromatic carbocycles. The monoisotopic (exact) mass is 285 g/mol. The van der Waals surface area contributed by atoms with Gasteiger partial charge in [0.1, 0.15) is 13.2 Å². The van der Waals surface area contributed by atoms with Gasteiger partial charge in [0.05, 0.1) is 0 Å². The summed E-state index contributed by atoms with van der Waals surface area (Å²) in [4.78, 5) is 10.4. The van der Waals surface area contributed by atoms with E-state index < -0.39 is 0 Å². The van der Waals surface area contributed by atoms with Gasteiger partial charge in [0.25, 0.3) is 4.82 Å². The molecule has 0 unspecified atom stereocenters. The van der Waals surface area contributed by atoms with Gasteiger partial charge in [-0.15, -0.1) is 0 Å². The first-order chi connectivity index (χ1) is 7.75. The van der Waals surface area contributed by atoms with E-state index in [9.17, 15) is 4.79 Å². The molecule has 0 saturated carbocycles. The predicted molar refractivity (Wildman–Crippen MR) is 63.5 cm³/mol. The topological polar surface area (TPSA) is 47.6 Å². The summed E-state index contributed by atoms with van der Waals surface area (Å²) >= 11 is 2.81. The Morgan fingerprint density at radius 2 is 2.06 bits per heavy atom. The lowest BCUT2D eigenvalue weighted by molar-refractivity contribution is 0.171. The van der Waals surface area contributed by atoms with E-state index in [1.807, 2.05) is 18.2 Å². The van der Waals surface area contributed by atoms with Gasteiger partial charge < -0.3 is 14.8 Å². The van der Waals surface area contributed by atoms with Gasteiger partial charge in [0, 0.05) is 22.5 Å². The van der Waals surface area contributed by atoms with Crippen LogP contribution in [0.2, 0.25) is 0 Å². The number of amides is 1. The summed E-state index contributed by atoms with van der Waals surface area (Å²) in [5, 5.41) is 2.68. The van der Waals surface area contributed by atoms with Crippen molar-refractivity contribution in [1.82, 2.24) is 5.32 Å². The molecule has 0 saturated heterocycles. The molecule has 1 N–H and O–H groups in total. The average Bonchev–Trinajstić information content (AvgIpc) is 2.28. The summed E-state index contributed by atoms with van der Waals surface area (Å²) in [7, 11) is 0. The zero-order valence-corrected chi connectivity index (χ0v) is 10.2. The Balaban J connectivity index is 1.97. The van der Waals surface area contributed by atoms with Crippen molar-refractivity contribution < 1.29 is 14.3 Å². The smallest absolute Gasteiger partial charge is 0.287 e. The molecule has 16 heavy (non-hydrogen) atoms. The molecular weight excluding hydrogens is 274 g/mol. The van der Waals surface area contributed by atoms with Crippen molar-refractivity contribution >= 4 is 20.7 Å². The lowest BCUT2D eigenvalue weighted by Gasteiger charge is -2.18. The summed E-state index contributed by atoms with van der Waals surface area (Å²) in [5.74, 6) is 1.58. The molecular formula is C11H12BrNO3. The van der Waals surface area contributed by atoms with Crippen LogP contribution in [0.4, 0.5) is 4.79 Å². The number of hydrogen-bond acceptors (Lipinski definition) is 3. The highest BCUT2D eigenvalue weighted by Crippen LogP contribution is 2.30. The maximum absolute atomic E-state index is 10.6. The minimum Gasteiger partial charge on any atom is -0.486 e. The lowest BCUT2D eigenvalue weighted by Crippen LogP contribution is -2.19. The summed E-state index contributed by atoms with van der Waals surface area (Å²) in [6.45, 7) is 1.80. The largest absolute Gasteiger partial charge is 0.486 e. The van der Waals surface area contributed by atoms with Crippen LogP contribution < -0.4 is 14.8 Å². The van der Waals surface area contributed by atoms with Gasteiger partial charge in [-0.3, -0.25) is 4.79 Å². The number of nitrogens with one attached hydrogen (secondary N) is 1. The van der Waals surface area contributed by atoms with Gasteiger partial charge in [-0.2, -0.15) is 0 Å². The lowest BCUT2D eigenvalue weighted by atomic mass is 10.1. The number of ether oxygens (including phenoxy) is 2. The molecule has 1 aliphatic rings. The number of halogens is 1. The van der Waals surface area contributed by atoms with Gasteiger partial charge in [-0.1, -0.05) is 6.07 Å². The molecule has 1 heterocycles. The van der Waals surface area contributed by atoms with Crippen LogP contribution in [0, 0.1) is 0 Å². The van der Waals surface area contributed by atoms with Gasteiger partial charge >= 0.3 is 0 Å². The second kappa shape index (κ2) is 5.21.